The molecule has 0 bridgehead atoms. The summed E-state index contributed by atoms with van der Waals surface area (Å²) in [5.41, 5.74) is 10.9. The molecule has 1 unspecified atom stereocenters. The Bertz CT molecular complexity index is 588. The Morgan fingerprint density at radius 1 is 1.11 bits per heavy atom. The second-order valence-electron chi connectivity index (χ2n) is 5.50. The van der Waals surface area contributed by atoms with Gasteiger partial charge in [-0.05, 0) is 49.9 Å². The molecule has 0 fully saturated rings. The molecule has 0 saturated heterocycles. The van der Waals surface area contributed by atoms with Crippen molar-refractivity contribution in [3.63, 3.8) is 0 Å². The zero-order valence-electron chi connectivity index (χ0n) is 11.7. The third kappa shape index (κ3) is 3.17. The van der Waals surface area contributed by atoms with Crippen molar-refractivity contribution >= 4 is 11.6 Å². The quantitative estimate of drug-likeness (QED) is 0.883. The molecular weight excluding hydrogens is 254 g/mol. The van der Waals surface area contributed by atoms with Gasteiger partial charge in [0.1, 0.15) is 0 Å². The lowest BCUT2D eigenvalue weighted by molar-refractivity contribution is 0.490. The summed E-state index contributed by atoms with van der Waals surface area (Å²) in [6.45, 7) is 6.26. The van der Waals surface area contributed by atoms with Crippen LogP contribution in [0.2, 0.25) is 5.02 Å². The van der Waals surface area contributed by atoms with Gasteiger partial charge >= 0.3 is 0 Å². The SMILES string of the molecule is Cc1ccc(C)c(CC(C)(N)c2ccccc2Cl)c1. The summed E-state index contributed by atoms with van der Waals surface area (Å²) in [6, 6.07) is 14.3. The van der Waals surface area contributed by atoms with Crippen LogP contribution in [0.5, 0.6) is 0 Å². The highest BCUT2D eigenvalue weighted by molar-refractivity contribution is 6.31. The van der Waals surface area contributed by atoms with Crippen molar-refractivity contribution in [2.24, 2.45) is 5.73 Å². The van der Waals surface area contributed by atoms with Gasteiger partial charge in [-0.15, -0.1) is 0 Å². The number of halogens is 1. The predicted molar refractivity (Wildman–Crippen MR) is 82.6 cm³/mol. The minimum absolute atomic E-state index is 0.461. The standard InChI is InChI=1S/C17H20ClN/c1-12-8-9-13(2)14(10-12)11-17(3,19)15-6-4-5-7-16(15)18/h4-10H,11,19H2,1-3H3. The Labute approximate surface area is 120 Å². The lowest BCUT2D eigenvalue weighted by Gasteiger charge is -2.27. The Kier molecular flexibility index (Phi) is 3.98. The van der Waals surface area contributed by atoms with Crippen LogP contribution >= 0.6 is 11.6 Å². The minimum atomic E-state index is -0.461. The van der Waals surface area contributed by atoms with Gasteiger partial charge in [0.15, 0.2) is 0 Å². The van der Waals surface area contributed by atoms with Crippen molar-refractivity contribution in [1.82, 2.24) is 0 Å². The van der Waals surface area contributed by atoms with Gasteiger partial charge < -0.3 is 5.73 Å². The molecule has 0 heterocycles. The van der Waals surface area contributed by atoms with Gasteiger partial charge in [0.05, 0.1) is 0 Å². The molecule has 0 spiro atoms. The van der Waals surface area contributed by atoms with Crippen LogP contribution in [-0.2, 0) is 12.0 Å². The van der Waals surface area contributed by atoms with Crippen molar-refractivity contribution in [2.75, 3.05) is 0 Å². The highest BCUT2D eigenvalue weighted by Gasteiger charge is 2.24. The largest absolute Gasteiger partial charge is 0.321 e. The van der Waals surface area contributed by atoms with E-state index in [0.717, 1.165) is 17.0 Å². The molecule has 1 atom stereocenters. The van der Waals surface area contributed by atoms with E-state index in [1.54, 1.807) is 0 Å². The maximum absolute atomic E-state index is 6.51. The normalized spacial score (nSPS) is 14.2. The lowest BCUT2D eigenvalue weighted by atomic mass is 9.85. The van der Waals surface area contributed by atoms with Crippen LogP contribution in [0.1, 0.15) is 29.2 Å². The molecule has 0 aromatic heterocycles. The van der Waals surface area contributed by atoms with Gasteiger partial charge in [-0.3, -0.25) is 0 Å². The molecule has 100 valence electrons. The van der Waals surface area contributed by atoms with Gasteiger partial charge in [0.2, 0.25) is 0 Å². The predicted octanol–water partition coefficient (Wildman–Crippen LogP) is 4.37. The third-order valence-corrected chi connectivity index (χ3v) is 3.88. The fourth-order valence-corrected chi connectivity index (χ4v) is 2.76. The molecule has 0 radical (unpaired) electrons. The first-order valence-electron chi connectivity index (χ1n) is 6.50. The number of rotatable bonds is 3. The molecule has 2 aromatic rings. The summed E-state index contributed by atoms with van der Waals surface area (Å²) in [5, 5.41) is 0.734. The summed E-state index contributed by atoms with van der Waals surface area (Å²) < 4.78 is 0. The van der Waals surface area contributed by atoms with Crippen LogP contribution in [0.15, 0.2) is 42.5 Å². The lowest BCUT2D eigenvalue weighted by Crippen LogP contribution is -2.36. The number of benzene rings is 2. The maximum Gasteiger partial charge on any atom is 0.0456 e. The second kappa shape index (κ2) is 5.36. The van der Waals surface area contributed by atoms with E-state index < -0.39 is 5.54 Å². The topological polar surface area (TPSA) is 26.0 Å². The molecule has 2 N–H and O–H groups in total. The van der Waals surface area contributed by atoms with Gasteiger partial charge in [-0.2, -0.15) is 0 Å². The minimum Gasteiger partial charge on any atom is -0.321 e. The van der Waals surface area contributed by atoms with Gasteiger partial charge in [-0.1, -0.05) is 53.6 Å². The molecule has 0 saturated carbocycles. The molecule has 2 rings (SSSR count). The van der Waals surface area contributed by atoms with E-state index in [-0.39, 0.29) is 0 Å². The van der Waals surface area contributed by atoms with Crippen LogP contribution in [0.25, 0.3) is 0 Å². The van der Waals surface area contributed by atoms with Crippen LogP contribution in [0.3, 0.4) is 0 Å². The fraction of sp³-hybridized carbons (Fsp3) is 0.294. The summed E-state index contributed by atoms with van der Waals surface area (Å²) in [7, 11) is 0. The Balaban J connectivity index is 2.36. The number of aryl methyl sites for hydroxylation is 2. The Morgan fingerprint density at radius 2 is 1.79 bits per heavy atom. The van der Waals surface area contributed by atoms with Gasteiger partial charge in [0.25, 0.3) is 0 Å². The Hall–Kier alpha value is -1.31. The van der Waals surface area contributed by atoms with E-state index in [1.165, 1.54) is 16.7 Å². The van der Waals surface area contributed by atoms with E-state index in [1.807, 2.05) is 31.2 Å². The van der Waals surface area contributed by atoms with Crippen LogP contribution in [0, 0.1) is 13.8 Å². The van der Waals surface area contributed by atoms with Crippen molar-refractivity contribution < 1.29 is 0 Å². The molecule has 0 aliphatic heterocycles. The average molecular weight is 274 g/mol. The highest BCUT2D eigenvalue weighted by Crippen LogP contribution is 2.29. The van der Waals surface area contributed by atoms with Gasteiger partial charge in [0, 0.05) is 10.6 Å². The monoisotopic (exact) mass is 273 g/mol. The summed E-state index contributed by atoms with van der Waals surface area (Å²) in [4.78, 5) is 0. The number of hydrogen-bond donors (Lipinski definition) is 1. The summed E-state index contributed by atoms with van der Waals surface area (Å²) >= 11 is 6.27. The fourth-order valence-electron chi connectivity index (χ4n) is 2.41. The molecule has 19 heavy (non-hydrogen) atoms. The van der Waals surface area contributed by atoms with Crippen LogP contribution < -0.4 is 5.73 Å². The molecule has 0 aliphatic rings. The van der Waals surface area contributed by atoms with Crippen molar-refractivity contribution in [2.45, 2.75) is 32.7 Å². The molecular formula is C17H20ClN. The zero-order valence-corrected chi connectivity index (χ0v) is 12.5. The maximum atomic E-state index is 6.51. The molecule has 2 heteroatoms. The van der Waals surface area contributed by atoms with E-state index in [4.69, 9.17) is 17.3 Å². The number of hydrogen-bond acceptors (Lipinski definition) is 1. The van der Waals surface area contributed by atoms with Crippen LogP contribution in [-0.4, -0.2) is 0 Å². The summed E-state index contributed by atoms with van der Waals surface area (Å²) in [6.07, 6.45) is 0.782. The zero-order chi connectivity index (χ0) is 14.0. The van der Waals surface area contributed by atoms with E-state index in [0.29, 0.717) is 0 Å². The van der Waals surface area contributed by atoms with Crippen molar-refractivity contribution in [1.29, 1.82) is 0 Å². The third-order valence-electron chi connectivity index (χ3n) is 3.55. The van der Waals surface area contributed by atoms with E-state index >= 15 is 0 Å². The van der Waals surface area contributed by atoms with Crippen molar-refractivity contribution in [3.05, 3.63) is 69.7 Å². The average Bonchev–Trinajstić information content (AvgIpc) is 2.34. The number of nitrogens with two attached hydrogens (primary N) is 1. The first-order valence-corrected chi connectivity index (χ1v) is 6.88. The van der Waals surface area contributed by atoms with E-state index in [2.05, 4.69) is 32.0 Å². The first kappa shape index (κ1) is 14.1. The molecule has 1 nitrogen and oxygen atoms in total. The summed E-state index contributed by atoms with van der Waals surface area (Å²) in [5.74, 6) is 0. The Morgan fingerprint density at radius 3 is 2.47 bits per heavy atom. The highest BCUT2D eigenvalue weighted by atomic mass is 35.5. The molecule has 0 aliphatic carbocycles. The smallest absolute Gasteiger partial charge is 0.0456 e. The molecule has 2 aromatic carbocycles. The second-order valence-corrected chi connectivity index (χ2v) is 5.91. The van der Waals surface area contributed by atoms with Gasteiger partial charge in [-0.25, -0.2) is 0 Å². The molecule has 0 amide bonds. The van der Waals surface area contributed by atoms with Crippen LogP contribution in [0.4, 0.5) is 0 Å². The van der Waals surface area contributed by atoms with Crippen molar-refractivity contribution in [3.8, 4) is 0 Å². The first-order chi connectivity index (χ1) is 8.90. The van der Waals surface area contributed by atoms with E-state index in [9.17, 15) is 0 Å².